The molecule has 2 N–H and O–H groups in total. The van der Waals surface area contributed by atoms with Gasteiger partial charge in [-0.25, -0.2) is 0 Å². The topological polar surface area (TPSA) is 58.2 Å². The van der Waals surface area contributed by atoms with Gasteiger partial charge in [0.15, 0.2) is 0 Å². The Morgan fingerprint density at radius 2 is 1.58 bits per heavy atom. The minimum atomic E-state index is -0.923. The van der Waals surface area contributed by atoms with Crippen molar-refractivity contribution in [1.82, 2.24) is 5.32 Å². The van der Waals surface area contributed by atoms with Gasteiger partial charge in [-0.2, -0.15) is 0 Å². The molecule has 1 aliphatic carbocycles. The summed E-state index contributed by atoms with van der Waals surface area (Å²) in [5.41, 5.74) is 5.29. The highest BCUT2D eigenvalue weighted by molar-refractivity contribution is 6.13. The van der Waals surface area contributed by atoms with Crippen LogP contribution in [0.4, 0.5) is 5.69 Å². The number of amides is 2. The van der Waals surface area contributed by atoms with E-state index in [9.17, 15) is 9.59 Å². The highest BCUT2D eigenvalue weighted by Crippen LogP contribution is 2.47. The van der Waals surface area contributed by atoms with Gasteiger partial charge < -0.3 is 10.6 Å². The SMILES string of the molecule is Cc1cccc(CNC(=O)C2(C(=O)Nc3c(C)cc(C)cc3C)CC2)c1. The van der Waals surface area contributed by atoms with E-state index < -0.39 is 5.41 Å². The zero-order valence-corrected chi connectivity index (χ0v) is 15.9. The van der Waals surface area contributed by atoms with Crippen molar-refractivity contribution >= 4 is 17.5 Å². The Bertz CT molecular complexity index is 843. The lowest BCUT2D eigenvalue weighted by molar-refractivity contribution is -0.134. The summed E-state index contributed by atoms with van der Waals surface area (Å²) in [6.45, 7) is 8.46. The highest BCUT2D eigenvalue weighted by atomic mass is 16.2. The molecule has 136 valence electrons. The van der Waals surface area contributed by atoms with E-state index in [1.54, 1.807) is 0 Å². The van der Waals surface area contributed by atoms with Gasteiger partial charge in [0.05, 0.1) is 0 Å². The number of hydrogen-bond acceptors (Lipinski definition) is 2. The second-order valence-corrected chi connectivity index (χ2v) is 7.48. The van der Waals surface area contributed by atoms with Crippen LogP contribution in [0.5, 0.6) is 0 Å². The van der Waals surface area contributed by atoms with Gasteiger partial charge in [-0.1, -0.05) is 47.5 Å². The zero-order chi connectivity index (χ0) is 18.9. The Morgan fingerprint density at radius 3 is 2.15 bits per heavy atom. The normalized spacial score (nSPS) is 14.6. The number of rotatable bonds is 5. The van der Waals surface area contributed by atoms with E-state index in [0.717, 1.165) is 33.5 Å². The summed E-state index contributed by atoms with van der Waals surface area (Å²) in [4.78, 5) is 25.5. The van der Waals surface area contributed by atoms with E-state index in [0.29, 0.717) is 19.4 Å². The summed E-state index contributed by atoms with van der Waals surface area (Å²) in [7, 11) is 0. The minimum absolute atomic E-state index is 0.182. The molecule has 1 aliphatic rings. The Kier molecular flexibility index (Phi) is 4.86. The molecule has 0 saturated heterocycles. The maximum atomic E-state index is 12.8. The van der Waals surface area contributed by atoms with Crippen LogP contribution in [0.1, 0.15) is 40.7 Å². The number of anilines is 1. The van der Waals surface area contributed by atoms with Crippen LogP contribution in [0.25, 0.3) is 0 Å². The lowest BCUT2D eigenvalue weighted by Gasteiger charge is -2.18. The lowest BCUT2D eigenvalue weighted by atomic mass is 10.0. The monoisotopic (exact) mass is 350 g/mol. The standard InChI is InChI=1S/C22H26N2O2/c1-14-6-5-7-18(12-14)13-23-20(25)22(8-9-22)21(26)24-19-16(3)10-15(2)11-17(19)4/h5-7,10-12H,8-9,13H2,1-4H3,(H,23,25)(H,24,26). The molecule has 3 rings (SSSR count). The van der Waals surface area contributed by atoms with E-state index in [1.165, 1.54) is 0 Å². The molecule has 0 bridgehead atoms. The highest BCUT2D eigenvalue weighted by Gasteiger charge is 2.56. The van der Waals surface area contributed by atoms with Crippen molar-refractivity contribution in [2.75, 3.05) is 5.32 Å². The number of carbonyl (C=O) groups is 2. The van der Waals surface area contributed by atoms with E-state index in [4.69, 9.17) is 0 Å². The molecule has 4 heteroatoms. The fourth-order valence-electron chi connectivity index (χ4n) is 3.47. The Morgan fingerprint density at radius 1 is 0.923 bits per heavy atom. The van der Waals surface area contributed by atoms with Gasteiger partial charge in [-0.3, -0.25) is 9.59 Å². The molecule has 1 fully saturated rings. The van der Waals surface area contributed by atoms with Crippen LogP contribution in [-0.4, -0.2) is 11.8 Å². The van der Waals surface area contributed by atoms with Crippen molar-refractivity contribution < 1.29 is 9.59 Å². The first-order chi connectivity index (χ1) is 12.3. The molecule has 0 unspecified atom stereocenters. The first-order valence-corrected chi connectivity index (χ1v) is 9.05. The number of benzene rings is 2. The molecule has 0 radical (unpaired) electrons. The summed E-state index contributed by atoms with van der Waals surface area (Å²) in [5, 5.41) is 5.93. The lowest BCUT2D eigenvalue weighted by Crippen LogP contribution is -2.39. The van der Waals surface area contributed by atoms with Crippen LogP contribution in [0.15, 0.2) is 36.4 Å². The average Bonchev–Trinajstić information content (AvgIpc) is 3.38. The predicted octanol–water partition coefficient (Wildman–Crippen LogP) is 3.96. The smallest absolute Gasteiger partial charge is 0.240 e. The van der Waals surface area contributed by atoms with Crippen molar-refractivity contribution in [2.45, 2.75) is 47.1 Å². The van der Waals surface area contributed by atoms with Gasteiger partial charge in [0, 0.05) is 12.2 Å². The van der Waals surface area contributed by atoms with Gasteiger partial charge in [-0.15, -0.1) is 0 Å². The van der Waals surface area contributed by atoms with Gasteiger partial charge in [0.2, 0.25) is 11.8 Å². The molecular weight excluding hydrogens is 324 g/mol. The number of carbonyl (C=O) groups excluding carboxylic acids is 2. The maximum absolute atomic E-state index is 12.8. The van der Waals surface area contributed by atoms with Crippen LogP contribution >= 0.6 is 0 Å². The summed E-state index contributed by atoms with van der Waals surface area (Å²) in [5.74, 6) is -0.381. The van der Waals surface area contributed by atoms with Gasteiger partial charge in [0.25, 0.3) is 0 Å². The fourth-order valence-corrected chi connectivity index (χ4v) is 3.47. The molecule has 0 spiro atoms. The maximum Gasteiger partial charge on any atom is 0.240 e. The fraction of sp³-hybridized carbons (Fsp3) is 0.364. The largest absolute Gasteiger partial charge is 0.351 e. The van der Waals surface area contributed by atoms with Crippen LogP contribution in [0, 0.1) is 33.1 Å². The van der Waals surface area contributed by atoms with Crippen LogP contribution in [0.3, 0.4) is 0 Å². The Hall–Kier alpha value is -2.62. The number of hydrogen-bond donors (Lipinski definition) is 2. The van der Waals surface area contributed by atoms with Crippen LogP contribution < -0.4 is 10.6 Å². The van der Waals surface area contributed by atoms with Crippen LogP contribution in [-0.2, 0) is 16.1 Å². The van der Waals surface area contributed by atoms with Gasteiger partial charge in [-0.05, 0) is 57.2 Å². The number of aryl methyl sites for hydroxylation is 4. The van der Waals surface area contributed by atoms with Crippen molar-refractivity contribution in [3.63, 3.8) is 0 Å². The molecule has 26 heavy (non-hydrogen) atoms. The van der Waals surface area contributed by atoms with Crippen molar-refractivity contribution in [2.24, 2.45) is 5.41 Å². The van der Waals surface area contributed by atoms with Gasteiger partial charge in [0.1, 0.15) is 5.41 Å². The second kappa shape index (κ2) is 6.94. The Labute approximate surface area is 155 Å². The average molecular weight is 350 g/mol. The Balaban J connectivity index is 1.68. The third-order valence-electron chi connectivity index (χ3n) is 5.07. The first kappa shape index (κ1) is 18.2. The summed E-state index contributed by atoms with van der Waals surface area (Å²) in [6.07, 6.45) is 1.20. The van der Waals surface area contributed by atoms with E-state index in [2.05, 4.69) is 10.6 Å². The molecule has 2 amide bonds. The van der Waals surface area contributed by atoms with Crippen molar-refractivity contribution in [3.05, 3.63) is 64.2 Å². The molecule has 1 saturated carbocycles. The summed E-state index contributed by atoms with van der Waals surface area (Å²) >= 11 is 0. The molecule has 2 aromatic rings. The molecule has 0 aromatic heterocycles. The van der Waals surface area contributed by atoms with E-state index in [-0.39, 0.29) is 11.8 Å². The van der Waals surface area contributed by atoms with E-state index in [1.807, 2.05) is 64.1 Å². The molecule has 0 atom stereocenters. The summed E-state index contributed by atoms with van der Waals surface area (Å²) in [6, 6.07) is 12.1. The number of nitrogens with one attached hydrogen (secondary N) is 2. The second-order valence-electron chi connectivity index (χ2n) is 7.48. The molecule has 0 aliphatic heterocycles. The summed E-state index contributed by atoms with van der Waals surface area (Å²) < 4.78 is 0. The van der Waals surface area contributed by atoms with Crippen molar-refractivity contribution in [3.8, 4) is 0 Å². The van der Waals surface area contributed by atoms with E-state index >= 15 is 0 Å². The van der Waals surface area contributed by atoms with Crippen molar-refractivity contribution in [1.29, 1.82) is 0 Å². The third kappa shape index (κ3) is 3.64. The molecule has 2 aromatic carbocycles. The zero-order valence-electron chi connectivity index (χ0n) is 15.9. The molecular formula is C22H26N2O2. The minimum Gasteiger partial charge on any atom is -0.351 e. The predicted molar refractivity (Wildman–Crippen MR) is 104 cm³/mol. The molecule has 4 nitrogen and oxygen atoms in total. The first-order valence-electron chi connectivity index (χ1n) is 9.05. The van der Waals surface area contributed by atoms with Gasteiger partial charge >= 0.3 is 0 Å². The quantitative estimate of drug-likeness (QED) is 0.802. The third-order valence-corrected chi connectivity index (χ3v) is 5.07. The van der Waals surface area contributed by atoms with Crippen LogP contribution in [0.2, 0.25) is 0 Å². The molecule has 0 heterocycles.